The first-order chi connectivity index (χ1) is 40.6. The summed E-state index contributed by atoms with van der Waals surface area (Å²) in [6.07, 6.45) is 4.35. The third-order valence-corrected chi connectivity index (χ3v) is 15.6. The van der Waals surface area contributed by atoms with Crippen LogP contribution in [0.3, 0.4) is 0 Å². The van der Waals surface area contributed by atoms with Crippen LogP contribution in [0, 0.1) is 5.92 Å². The number of phenolic OH excluding ortho intramolecular Hbond substituents is 1. The lowest BCUT2D eigenvalue weighted by Gasteiger charge is -2.38. The Morgan fingerprint density at radius 2 is 1.44 bits per heavy atom. The number of rotatable bonds is 29. The van der Waals surface area contributed by atoms with Crippen LogP contribution in [0.25, 0.3) is 0 Å². The Labute approximate surface area is 493 Å². The molecule has 85 heavy (non-hydrogen) atoms. The average Bonchev–Trinajstić information content (AvgIpc) is 2.87. The highest BCUT2D eigenvalue weighted by molar-refractivity contribution is 6.00. The van der Waals surface area contributed by atoms with Crippen molar-refractivity contribution in [3.63, 3.8) is 0 Å². The van der Waals surface area contributed by atoms with E-state index in [1.807, 2.05) is 13.8 Å². The van der Waals surface area contributed by atoms with Gasteiger partial charge in [-0.2, -0.15) is 0 Å². The van der Waals surface area contributed by atoms with E-state index in [0.717, 1.165) is 11.1 Å². The van der Waals surface area contributed by atoms with Crippen molar-refractivity contribution >= 4 is 65.0 Å². The molecule has 15 N–H and O–H groups in total. The molecule has 0 unspecified atom stereocenters. The predicted molar refractivity (Wildman–Crippen MR) is 311 cm³/mol. The van der Waals surface area contributed by atoms with Crippen LogP contribution in [0.4, 0.5) is 0 Å². The Balaban J connectivity index is 1.22. The number of aromatic nitrogens is 2. The summed E-state index contributed by atoms with van der Waals surface area (Å²) in [6, 6.07) is 3.15. The molecule has 3 aliphatic heterocycles. The van der Waals surface area contributed by atoms with Gasteiger partial charge in [-0.15, -0.1) is 0 Å². The van der Waals surface area contributed by atoms with E-state index in [2.05, 4.69) is 57.5 Å². The number of fused-ring (bicyclic) bond motifs is 1. The molecule has 27 nitrogen and oxygen atoms in total. The van der Waals surface area contributed by atoms with E-state index in [1.165, 1.54) is 46.6 Å². The number of carbonyl (C=O) groups is 10. The third kappa shape index (κ3) is 17.7. The zero-order valence-corrected chi connectivity index (χ0v) is 48.9. The molecule has 3 aliphatic rings. The summed E-state index contributed by atoms with van der Waals surface area (Å²) in [5.74, 6) is -6.96. The van der Waals surface area contributed by atoms with E-state index < -0.39 is 108 Å². The molecule has 0 bridgehead atoms. The van der Waals surface area contributed by atoms with E-state index >= 15 is 0 Å². The summed E-state index contributed by atoms with van der Waals surface area (Å²) in [6.45, 7) is 8.48. The van der Waals surface area contributed by atoms with Crippen LogP contribution in [0.15, 0.2) is 66.0 Å². The number of likely N-dealkylation sites (tertiary alicyclic amines) is 1. The summed E-state index contributed by atoms with van der Waals surface area (Å²) < 4.78 is 0. The Morgan fingerprint density at radius 3 is 2.06 bits per heavy atom. The van der Waals surface area contributed by atoms with Crippen LogP contribution in [-0.2, 0) is 73.8 Å². The van der Waals surface area contributed by atoms with E-state index in [4.69, 9.17) is 11.5 Å². The number of aliphatic hydroxyl groups is 1. The van der Waals surface area contributed by atoms with Crippen LogP contribution < -0.4 is 54.0 Å². The van der Waals surface area contributed by atoms with Gasteiger partial charge in [-0.25, -0.2) is 4.98 Å². The molecular weight excluding hydrogens is 1100 g/mol. The van der Waals surface area contributed by atoms with Gasteiger partial charge in [0.25, 0.3) is 0 Å². The molecule has 1 aromatic heterocycles. The Hall–Kier alpha value is -8.62. The van der Waals surface area contributed by atoms with Gasteiger partial charge in [-0.1, -0.05) is 64.1 Å². The number of nitrogens with zero attached hydrogens (tertiary/aromatic N) is 4. The van der Waals surface area contributed by atoms with Crippen LogP contribution in [-0.4, -0.2) is 175 Å². The minimum absolute atomic E-state index is 0.0162. The average molecular weight is 1180 g/mol. The number of H-pyrrole nitrogens is 1. The number of aromatic amines is 1. The number of likely N-dealkylation sites (N-methyl/N-ethyl adjacent to an activating group) is 1. The van der Waals surface area contributed by atoms with E-state index in [0.29, 0.717) is 30.6 Å². The standard InChI is InChI=1S/C58H83N15O12/c1-6-58(7-2,56(85)70-41(25-33(4)5)49(78)66-40(15-11-23-63-57(59)60)54(83)72-24-12-16-45(72)52(81)62-8-3)71-51(80)42(26-34-17-19-38(75)20-18-34)67-50(79)44(31-74)69-53(82)46-27-35-13-9-10-14-36(35)30-73(46)55(84)43(28-37-29-61-32-64-37)68-48(77)39-21-22-47(76)65-39/h9-10,13-14,17-20,29,32-33,39-46,74-75H,6-8,11-12,15-16,21-28,30-31H2,1-5H3,(H,61,64)(H,62,81)(H,65,76)(H,66,78)(H,67,79)(H,68,77)(H,69,82)(H,70,85)(H,71,80)(H4,59,60,63)/t39-,40-,41-,42-,43-,44-,45-,46+/m0/s1. The van der Waals surface area contributed by atoms with Crippen molar-refractivity contribution in [2.45, 2.75) is 172 Å². The number of phenols is 1. The monoisotopic (exact) mass is 1180 g/mol. The molecule has 0 spiro atoms. The third-order valence-electron chi connectivity index (χ3n) is 15.6. The molecule has 4 heterocycles. The number of imidazole rings is 1. The number of carbonyl (C=O) groups excluding carboxylic acids is 10. The minimum atomic E-state index is -1.72. The number of hydrogen-bond acceptors (Lipinski definition) is 14. The highest BCUT2D eigenvalue weighted by atomic mass is 16.3. The van der Waals surface area contributed by atoms with Crippen molar-refractivity contribution in [3.05, 3.63) is 83.4 Å². The molecule has 27 heteroatoms. The second-order valence-electron chi connectivity index (χ2n) is 22.2. The fraction of sp³-hybridized carbons (Fsp3) is 0.552. The van der Waals surface area contributed by atoms with Gasteiger partial charge in [0.05, 0.1) is 12.9 Å². The van der Waals surface area contributed by atoms with Crippen LogP contribution in [0.2, 0.25) is 0 Å². The second kappa shape index (κ2) is 30.8. The number of guanidine groups is 1. The number of amides is 10. The number of nitrogens with one attached hydrogen (secondary N) is 9. The van der Waals surface area contributed by atoms with Crippen molar-refractivity contribution in [3.8, 4) is 5.75 Å². The lowest BCUT2D eigenvalue weighted by atomic mass is 9.89. The number of benzene rings is 2. The van der Waals surface area contributed by atoms with Crippen molar-refractivity contribution in [2.24, 2.45) is 22.4 Å². The summed E-state index contributed by atoms with van der Waals surface area (Å²) in [5, 5.41) is 42.8. The fourth-order valence-corrected chi connectivity index (χ4v) is 10.9. The number of aromatic hydroxyl groups is 1. The van der Waals surface area contributed by atoms with Crippen molar-refractivity contribution in [2.75, 3.05) is 26.2 Å². The minimum Gasteiger partial charge on any atom is -0.508 e. The normalized spacial score (nSPS) is 18.3. The summed E-state index contributed by atoms with van der Waals surface area (Å²) in [4.78, 5) is 154. The molecule has 2 saturated heterocycles. The Kier molecular flexibility index (Phi) is 23.7. The Bertz CT molecular complexity index is 2880. The van der Waals surface area contributed by atoms with Crippen molar-refractivity contribution < 1.29 is 58.2 Å². The van der Waals surface area contributed by atoms with Gasteiger partial charge in [0.15, 0.2) is 5.96 Å². The molecular formula is C58H83N15O12. The van der Waals surface area contributed by atoms with Gasteiger partial charge in [0.1, 0.15) is 59.6 Å². The molecule has 6 rings (SSSR count). The van der Waals surface area contributed by atoms with E-state index in [9.17, 15) is 58.2 Å². The fourth-order valence-electron chi connectivity index (χ4n) is 10.9. The molecule has 10 amide bonds. The number of aliphatic hydroxyl groups excluding tert-OH is 1. The predicted octanol–water partition coefficient (Wildman–Crippen LogP) is -1.55. The summed E-state index contributed by atoms with van der Waals surface area (Å²) >= 11 is 0. The van der Waals surface area contributed by atoms with Gasteiger partial charge < -0.3 is 79.0 Å². The zero-order valence-electron chi connectivity index (χ0n) is 48.9. The molecule has 2 aromatic carbocycles. The van der Waals surface area contributed by atoms with Crippen molar-refractivity contribution in [1.82, 2.24) is 62.3 Å². The van der Waals surface area contributed by atoms with Gasteiger partial charge in [-0.05, 0) is 93.0 Å². The zero-order chi connectivity index (χ0) is 62.0. The van der Waals surface area contributed by atoms with Crippen molar-refractivity contribution in [1.29, 1.82) is 0 Å². The first-order valence-corrected chi connectivity index (χ1v) is 29.1. The molecule has 8 atom stereocenters. The SMILES string of the molecule is CCNC(=O)[C@@H]1CCCN1C(=O)[C@H](CCCN=C(N)N)NC(=O)[C@H](CC(C)C)NC(=O)C(CC)(CC)NC(=O)[C@H](Cc1ccc(O)cc1)NC(=O)[C@H](CO)NC(=O)[C@H]1Cc2ccccc2CN1C(=O)[C@H](Cc1cnc[nH]1)NC(=O)[C@@H]1CCC(=O)N1. The maximum absolute atomic E-state index is 14.8. The van der Waals surface area contributed by atoms with Gasteiger partial charge >= 0.3 is 0 Å². The van der Waals surface area contributed by atoms with Crippen LogP contribution >= 0.6 is 0 Å². The molecule has 0 aliphatic carbocycles. The molecule has 0 saturated carbocycles. The van der Waals surface area contributed by atoms with Gasteiger partial charge in [0, 0.05) is 63.8 Å². The number of aliphatic imine (C=N–C) groups is 1. The van der Waals surface area contributed by atoms with Crippen LogP contribution in [0.5, 0.6) is 5.75 Å². The molecule has 462 valence electrons. The highest BCUT2D eigenvalue weighted by Crippen LogP contribution is 2.26. The highest BCUT2D eigenvalue weighted by Gasteiger charge is 2.44. The topological polar surface area (TPSA) is 407 Å². The van der Waals surface area contributed by atoms with E-state index in [1.54, 1.807) is 45.0 Å². The molecule has 3 aromatic rings. The quantitative estimate of drug-likeness (QED) is 0.0213. The number of nitrogens with two attached hydrogens (primary N) is 2. The first kappa shape index (κ1) is 65.5. The number of hydrogen-bond donors (Lipinski definition) is 13. The first-order valence-electron chi connectivity index (χ1n) is 29.1. The smallest absolute Gasteiger partial charge is 0.246 e. The Morgan fingerprint density at radius 1 is 0.765 bits per heavy atom. The molecule has 0 radical (unpaired) electrons. The van der Waals surface area contributed by atoms with E-state index in [-0.39, 0.29) is 113 Å². The lowest BCUT2D eigenvalue weighted by molar-refractivity contribution is -0.145. The van der Waals surface area contributed by atoms with Gasteiger partial charge in [0.2, 0.25) is 59.1 Å². The van der Waals surface area contributed by atoms with Gasteiger partial charge in [-0.3, -0.25) is 52.9 Å². The lowest BCUT2D eigenvalue weighted by Crippen LogP contribution is -2.65. The second-order valence-corrected chi connectivity index (χ2v) is 22.2. The summed E-state index contributed by atoms with van der Waals surface area (Å²) in [7, 11) is 0. The largest absolute Gasteiger partial charge is 0.508 e. The molecule has 2 fully saturated rings. The summed E-state index contributed by atoms with van der Waals surface area (Å²) in [5.41, 5.74) is 11.8. The maximum Gasteiger partial charge on any atom is 0.246 e. The maximum atomic E-state index is 14.8. The van der Waals surface area contributed by atoms with Crippen LogP contribution in [0.1, 0.15) is 115 Å².